The zero-order valence-electron chi connectivity index (χ0n) is 11.7. The summed E-state index contributed by atoms with van der Waals surface area (Å²) in [5, 5.41) is 3.71. The number of aromatic nitrogens is 2. The van der Waals surface area contributed by atoms with E-state index in [0.29, 0.717) is 23.1 Å². The number of nitrogens with one attached hydrogen (secondary N) is 1. The van der Waals surface area contributed by atoms with Crippen LogP contribution in [-0.4, -0.2) is 17.0 Å². The standard InChI is InChI=1S/C16H14FN3O/c1-10-9-11(17)7-8-14(10)21-15-12-5-3-4-6-13(12)19-16(18-2)20-15/h3-9H,1-2H3,(H,18,19,20). The summed E-state index contributed by atoms with van der Waals surface area (Å²) in [4.78, 5) is 8.71. The average Bonchev–Trinajstić information content (AvgIpc) is 2.49. The lowest BCUT2D eigenvalue weighted by atomic mass is 10.2. The monoisotopic (exact) mass is 283 g/mol. The van der Waals surface area contributed by atoms with E-state index >= 15 is 0 Å². The van der Waals surface area contributed by atoms with Crippen LogP contribution in [0.15, 0.2) is 42.5 Å². The van der Waals surface area contributed by atoms with Crippen LogP contribution in [0.1, 0.15) is 5.56 Å². The Balaban J connectivity index is 2.10. The number of halogens is 1. The summed E-state index contributed by atoms with van der Waals surface area (Å²) in [6.45, 7) is 1.79. The molecule has 0 fully saturated rings. The molecule has 0 amide bonds. The fraction of sp³-hybridized carbons (Fsp3) is 0.125. The number of ether oxygens (including phenoxy) is 1. The lowest BCUT2D eigenvalue weighted by Gasteiger charge is -2.11. The summed E-state index contributed by atoms with van der Waals surface area (Å²) in [5.74, 6) is 1.20. The van der Waals surface area contributed by atoms with Gasteiger partial charge < -0.3 is 10.1 Å². The SMILES string of the molecule is CNc1nc(Oc2ccc(F)cc2C)c2ccccc2n1. The molecule has 0 atom stereocenters. The number of rotatable bonds is 3. The van der Waals surface area contributed by atoms with E-state index in [4.69, 9.17) is 4.74 Å². The van der Waals surface area contributed by atoms with Crippen molar-refractivity contribution < 1.29 is 9.13 Å². The predicted octanol–water partition coefficient (Wildman–Crippen LogP) is 3.91. The van der Waals surface area contributed by atoms with E-state index in [1.54, 1.807) is 20.0 Å². The molecule has 1 aromatic heterocycles. The van der Waals surface area contributed by atoms with Crippen LogP contribution in [0.25, 0.3) is 10.9 Å². The van der Waals surface area contributed by atoms with E-state index in [0.717, 1.165) is 10.9 Å². The maximum atomic E-state index is 13.2. The number of hydrogen-bond donors (Lipinski definition) is 1. The van der Waals surface area contributed by atoms with Crippen LogP contribution >= 0.6 is 0 Å². The van der Waals surface area contributed by atoms with Gasteiger partial charge in [0.25, 0.3) is 0 Å². The van der Waals surface area contributed by atoms with Crippen molar-refractivity contribution in [1.29, 1.82) is 0 Å². The maximum absolute atomic E-state index is 13.2. The molecule has 2 aromatic carbocycles. The van der Waals surface area contributed by atoms with Crippen molar-refractivity contribution in [3.05, 3.63) is 53.8 Å². The molecular weight excluding hydrogens is 269 g/mol. The minimum Gasteiger partial charge on any atom is -0.438 e. The van der Waals surface area contributed by atoms with Crippen molar-refractivity contribution in [2.24, 2.45) is 0 Å². The zero-order valence-corrected chi connectivity index (χ0v) is 11.7. The lowest BCUT2D eigenvalue weighted by Crippen LogP contribution is -2.00. The molecule has 4 nitrogen and oxygen atoms in total. The highest BCUT2D eigenvalue weighted by Crippen LogP contribution is 2.30. The van der Waals surface area contributed by atoms with Crippen molar-refractivity contribution in [3.8, 4) is 11.6 Å². The second-order valence-electron chi connectivity index (χ2n) is 4.63. The van der Waals surface area contributed by atoms with Gasteiger partial charge in [0.2, 0.25) is 11.8 Å². The number of aryl methyl sites for hydroxylation is 1. The molecule has 21 heavy (non-hydrogen) atoms. The molecule has 3 rings (SSSR count). The Hall–Kier alpha value is -2.69. The first-order valence-corrected chi connectivity index (χ1v) is 6.56. The molecule has 1 heterocycles. The summed E-state index contributed by atoms with van der Waals surface area (Å²) in [6.07, 6.45) is 0. The number of nitrogens with zero attached hydrogens (tertiary/aromatic N) is 2. The zero-order chi connectivity index (χ0) is 14.8. The highest BCUT2D eigenvalue weighted by atomic mass is 19.1. The van der Waals surface area contributed by atoms with E-state index in [9.17, 15) is 4.39 Å². The largest absolute Gasteiger partial charge is 0.438 e. The summed E-state index contributed by atoms with van der Waals surface area (Å²) < 4.78 is 19.0. The molecule has 3 aromatic rings. The van der Waals surface area contributed by atoms with Gasteiger partial charge in [0.05, 0.1) is 10.9 Å². The van der Waals surface area contributed by atoms with Gasteiger partial charge in [-0.3, -0.25) is 0 Å². The smallest absolute Gasteiger partial charge is 0.231 e. The van der Waals surface area contributed by atoms with Gasteiger partial charge in [-0.15, -0.1) is 0 Å². The second kappa shape index (κ2) is 5.36. The summed E-state index contributed by atoms with van der Waals surface area (Å²) >= 11 is 0. The third-order valence-corrected chi connectivity index (χ3v) is 3.14. The van der Waals surface area contributed by atoms with Crippen molar-refractivity contribution in [2.45, 2.75) is 6.92 Å². The van der Waals surface area contributed by atoms with Crippen molar-refractivity contribution >= 4 is 16.9 Å². The Bertz CT molecular complexity index is 805. The summed E-state index contributed by atoms with van der Waals surface area (Å²) in [7, 11) is 1.75. The van der Waals surface area contributed by atoms with E-state index < -0.39 is 0 Å². The maximum Gasteiger partial charge on any atom is 0.231 e. The lowest BCUT2D eigenvalue weighted by molar-refractivity contribution is 0.463. The highest BCUT2D eigenvalue weighted by molar-refractivity contribution is 5.84. The molecule has 0 saturated heterocycles. The van der Waals surface area contributed by atoms with Crippen molar-refractivity contribution in [1.82, 2.24) is 9.97 Å². The van der Waals surface area contributed by atoms with Crippen LogP contribution in [-0.2, 0) is 0 Å². The third kappa shape index (κ3) is 2.63. The number of benzene rings is 2. The molecule has 0 aliphatic rings. The topological polar surface area (TPSA) is 47.0 Å². The molecule has 106 valence electrons. The predicted molar refractivity (Wildman–Crippen MR) is 80.3 cm³/mol. The van der Waals surface area contributed by atoms with Crippen LogP contribution in [0.3, 0.4) is 0 Å². The van der Waals surface area contributed by atoms with Gasteiger partial charge in [0.15, 0.2) is 0 Å². The number of hydrogen-bond acceptors (Lipinski definition) is 4. The highest BCUT2D eigenvalue weighted by Gasteiger charge is 2.10. The Morgan fingerprint density at radius 1 is 1.10 bits per heavy atom. The van der Waals surface area contributed by atoms with Gasteiger partial charge in [0, 0.05) is 7.05 Å². The first kappa shape index (κ1) is 13.3. The minimum absolute atomic E-state index is 0.289. The van der Waals surface area contributed by atoms with Gasteiger partial charge in [0.1, 0.15) is 11.6 Å². The first-order chi connectivity index (χ1) is 10.2. The quantitative estimate of drug-likeness (QED) is 0.791. The number of anilines is 1. The normalized spacial score (nSPS) is 10.6. The first-order valence-electron chi connectivity index (χ1n) is 6.56. The molecule has 0 aliphatic carbocycles. The van der Waals surface area contributed by atoms with E-state index in [2.05, 4.69) is 15.3 Å². The van der Waals surface area contributed by atoms with Crippen molar-refractivity contribution in [3.63, 3.8) is 0 Å². The molecule has 0 spiro atoms. The van der Waals surface area contributed by atoms with Crippen LogP contribution in [0, 0.1) is 12.7 Å². The Morgan fingerprint density at radius 2 is 1.90 bits per heavy atom. The summed E-state index contributed by atoms with van der Waals surface area (Å²) in [6, 6.07) is 12.0. The molecule has 0 saturated carbocycles. The fourth-order valence-electron chi connectivity index (χ4n) is 2.07. The molecule has 0 aliphatic heterocycles. The van der Waals surface area contributed by atoms with Crippen LogP contribution in [0.4, 0.5) is 10.3 Å². The molecule has 0 radical (unpaired) electrons. The summed E-state index contributed by atoms with van der Waals surface area (Å²) in [5.41, 5.74) is 1.50. The average molecular weight is 283 g/mol. The minimum atomic E-state index is -0.289. The molecule has 5 heteroatoms. The van der Waals surface area contributed by atoms with Crippen LogP contribution in [0.5, 0.6) is 11.6 Å². The molecule has 1 N–H and O–H groups in total. The molecule has 0 bridgehead atoms. The molecular formula is C16H14FN3O. The second-order valence-corrected chi connectivity index (χ2v) is 4.63. The van der Waals surface area contributed by atoms with E-state index in [-0.39, 0.29) is 5.82 Å². The third-order valence-electron chi connectivity index (χ3n) is 3.14. The van der Waals surface area contributed by atoms with Gasteiger partial charge in [-0.1, -0.05) is 12.1 Å². The van der Waals surface area contributed by atoms with Gasteiger partial charge in [-0.2, -0.15) is 4.98 Å². The van der Waals surface area contributed by atoms with E-state index in [1.807, 2.05) is 24.3 Å². The van der Waals surface area contributed by atoms with Gasteiger partial charge in [-0.05, 0) is 42.8 Å². The van der Waals surface area contributed by atoms with Gasteiger partial charge in [-0.25, -0.2) is 9.37 Å². The van der Waals surface area contributed by atoms with Crippen LogP contribution in [0.2, 0.25) is 0 Å². The van der Waals surface area contributed by atoms with E-state index in [1.165, 1.54) is 12.1 Å². The number of fused-ring (bicyclic) bond motifs is 1. The molecule has 0 unspecified atom stereocenters. The fourth-order valence-corrected chi connectivity index (χ4v) is 2.07. The Kier molecular flexibility index (Phi) is 3.39. The van der Waals surface area contributed by atoms with Gasteiger partial charge >= 0.3 is 0 Å². The Labute approximate surface area is 121 Å². The number of para-hydroxylation sites is 1. The van der Waals surface area contributed by atoms with Crippen molar-refractivity contribution in [2.75, 3.05) is 12.4 Å². The Morgan fingerprint density at radius 3 is 2.67 bits per heavy atom. The van der Waals surface area contributed by atoms with Crippen LogP contribution < -0.4 is 10.1 Å².